The number of nitro groups is 1. The second kappa shape index (κ2) is 10.3. The molecule has 26 heavy (non-hydrogen) atoms. The molecule has 146 valence electrons. The molecule has 0 saturated carbocycles. The van der Waals surface area contributed by atoms with Crippen LogP contribution < -0.4 is 5.32 Å². The van der Waals surface area contributed by atoms with Crippen LogP contribution in [0.15, 0.2) is 17.4 Å². The minimum Gasteiger partial charge on any atom is -0.469 e. The molecule has 2 atom stereocenters. The molecule has 2 rings (SSSR count). The van der Waals surface area contributed by atoms with E-state index in [1.165, 1.54) is 24.2 Å². The molecule has 0 bridgehead atoms. The van der Waals surface area contributed by atoms with Gasteiger partial charge in [-0.15, -0.1) is 24.0 Å². The van der Waals surface area contributed by atoms with Crippen molar-refractivity contribution in [2.45, 2.75) is 20.4 Å². The number of hydrogen-bond donors (Lipinski definition) is 1. The first-order valence-electron chi connectivity index (χ1n) is 8.24. The Hall–Kier alpha value is -1.92. The Morgan fingerprint density at radius 3 is 2.85 bits per heavy atom. The normalized spacial score (nSPS) is 19.8. The van der Waals surface area contributed by atoms with Gasteiger partial charge in [0.1, 0.15) is 12.4 Å². The molecule has 0 aliphatic carbocycles. The molecule has 1 aliphatic rings. The molecule has 1 N–H and O–H groups in total. The van der Waals surface area contributed by atoms with Gasteiger partial charge in [0.2, 0.25) is 0 Å². The number of carbonyl (C=O) groups excluding carboxylic acids is 1. The van der Waals surface area contributed by atoms with Crippen molar-refractivity contribution in [3.63, 3.8) is 0 Å². The van der Waals surface area contributed by atoms with Crippen LogP contribution in [-0.4, -0.2) is 64.8 Å². The molecule has 0 aromatic carbocycles. The zero-order valence-corrected chi connectivity index (χ0v) is 17.5. The first-order chi connectivity index (χ1) is 12.0. The largest absolute Gasteiger partial charge is 0.469 e. The van der Waals surface area contributed by atoms with Crippen molar-refractivity contribution in [2.75, 3.05) is 33.3 Å². The van der Waals surface area contributed by atoms with E-state index in [0.29, 0.717) is 26.2 Å². The predicted octanol–water partition coefficient (Wildman–Crippen LogP) is 1.12. The Morgan fingerprint density at radius 1 is 1.54 bits per heavy atom. The molecule has 0 spiro atoms. The van der Waals surface area contributed by atoms with Gasteiger partial charge in [-0.2, -0.15) is 5.10 Å². The molecule has 10 nitrogen and oxygen atoms in total. The van der Waals surface area contributed by atoms with Crippen LogP contribution in [-0.2, 0) is 16.1 Å². The van der Waals surface area contributed by atoms with E-state index in [0.717, 1.165) is 12.5 Å². The van der Waals surface area contributed by atoms with Gasteiger partial charge in [0, 0.05) is 19.6 Å². The molecule has 11 heteroatoms. The van der Waals surface area contributed by atoms with Gasteiger partial charge in [-0.3, -0.25) is 24.6 Å². The maximum Gasteiger partial charge on any atom is 0.310 e. The average molecular weight is 480 g/mol. The van der Waals surface area contributed by atoms with Crippen LogP contribution in [0.2, 0.25) is 0 Å². The van der Waals surface area contributed by atoms with Gasteiger partial charge < -0.3 is 15.0 Å². The van der Waals surface area contributed by atoms with E-state index < -0.39 is 4.92 Å². The minimum atomic E-state index is -0.477. The lowest BCUT2D eigenvalue weighted by Gasteiger charge is -2.21. The number of aliphatic imine (C=N–C) groups is 1. The summed E-state index contributed by atoms with van der Waals surface area (Å²) in [5.74, 6) is 0.546. The number of aromatic nitrogens is 2. The van der Waals surface area contributed by atoms with E-state index >= 15 is 0 Å². The van der Waals surface area contributed by atoms with Crippen molar-refractivity contribution in [3.8, 4) is 0 Å². The second-order valence-corrected chi connectivity index (χ2v) is 5.97. The molecule has 2 unspecified atom stereocenters. The summed E-state index contributed by atoms with van der Waals surface area (Å²) in [5.41, 5.74) is -0.0369. The van der Waals surface area contributed by atoms with Gasteiger partial charge in [-0.25, -0.2) is 0 Å². The Labute approximate surface area is 169 Å². The molecular weight excluding hydrogens is 455 g/mol. The van der Waals surface area contributed by atoms with Gasteiger partial charge in [-0.1, -0.05) is 6.92 Å². The number of halogens is 1. The fourth-order valence-corrected chi connectivity index (χ4v) is 2.85. The van der Waals surface area contributed by atoms with E-state index in [4.69, 9.17) is 4.74 Å². The first kappa shape index (κ1) is 22.1. The smallest absolute Gasteiger partial charge is 0.310 e. The van der Waals surface area contributed by atoms with Crippen LogP contribution in [0.3, 0.4) is 0 Å². The number of likely N-dealkylation sites (tertiary alicyclic amines) is 1. The quantitative estimate of drug-likeness (QED) is 0.162. The fourth-order valence-electron chi connectivity index (χ4n) is 2.85. The molecule has 0 amide bonds. The lowest BCUT2D eigenvalue weighted by molar-refractivity contribution is -0.385. The van der Waals surface area contributed by atoms with Crippen LogP contribution in [0.4, 0.5) is 5.69 Å². The van der Waals surface area contributed by atoms with Crippen LogP contribution in [0.1, 0.15) is 13.8 Å². The summed E-state index contributed by atoms with van der Waals surface area (Å²) in [5, 5.41) is 17.8. The topological polar surface area (TPSA) is 115 Å². The molecule has 0 radical (unpaired) electrons. The van der Waals surface area contributed by atoms with Gasteiger partial charge >= 0.3 is 11.7 Å². The van der Waals surface area contributed by atoms with Crippen LogP contribution >= 0.6 is 24.0 Å². The summed E-state index contributed by atoms with van der Waals surface area (Å²) >= 11 is 0. The fraction of sp³-hybridized carbons (Fsp3) is 0.667. The SMILES string of the molecule is CCNC(=NCCn1cc([N+](=O)[O-])cn1)N1CC(C)C(C(=O)OC)C1.I. The van der Waals surface area contributed by atoms with E-state index in [9.17, 15) is 14.9 Å². The van der Waals surface area contributed by atoms with Crippen molar-refractivity contribution in [1.29, 1.82) is 0 Å². The first-order valence-corrected chi connectivity index (χ1v) is 8.24. The third kappa shape index (κ3) is 5.54. The zero-order chi connectivity index (χ0) is 18.4. The van der Waals surface area contributed by atoms with Crippen molar-refractivity contribution >= 4 is 41.6 Å². The summed E-state index contributed by atoms with van der Waals surface area (Å²) in [7, 11) is 1.40. The average Bonchev–Trinajstić information content (AvgIpc) is 3.20. The highest BCUT2D eigenvalue weighted by Gasteiger charge is 2.36. The van der Waals surface area contributed by atoms with Gasteiger partial charge in [-0.05, 0) is 12.8 Å². The molecule has 1 aromatic heterocycles. The molecule has 1 aliphatic heterocycles. The zero-order valence-electron chi connectivity index (χ0n) is 15.1. The Bertz CT molecular complexity index is 650. The van der Waals surface area contributed by atoms with Crippen molar-refractivity contribution in [2.24, 2.45) is 16.8 Å². The van der Waals surface area contributed by atoms with E-state index in [2.05, 4.69) is 15.4 Å². The number of ether oxygens (including phenoxy) is 1. The highest BCUT2D eigenvalue weighted by atomic mass is 127. The van der Waals surface area contributed by atoms with Gasteiger partial charge in [0.05, 0.1) is 31.0 Å². The minimum absolute atomic E-state index is 0. The number of guanidine groups is 1. The van der Waals surface area contributed by atoms with E-state index in [1.54, 1.807) is 0 Å². The third-order valence-electron chi connectivity index (χ3n) is 4.17. The number of carbonyl (C=O) groups is 1. The van der Waals surface area contributed by atoms with Crippen molar-refractivity contribution in [1.82, 2.24) is 20.0 Å². The maximum absolute atomic E-state index is 11.8. The standard InChI is InChI=1S/C15H24N6O4.HI/c1-4-16-15(19-8-11(2)13(10-19)14(22)25-3)17-5-6-20-9-12(7-18-20)21(23)24;/h7,9,11,13H,4-6,8,10H2,1-3H3,(H,16,17);1H. The number of nitrogens with one attached hydrogen (secondary N) is 1. The lowest BCUT2D eigenvalue weighted by atomic mass is 9.99. The second-order valence-electron chi connectivity index (χ2n) is 5.97. The molecular formula is C15H25IN6O4. The van der Waals surface area contributed by atoms with Crippen LogP contribution in [0.25, 0.3) is 0 Å². The monoisotopic (exact) mass is 480 g/mol. The summed E-state index contributed by atoms with van der Waals surface area (Å²) < 4.78 is 6.36. The van der Waals surface area contributed by atoms with Crippen LogP contribution in [0, 0.1) is 22.0 Å². The van der Waals surface area contributed by atoms with E-state index in [1.807, 2.05) is 18.7 Å². The molecule has 1 aromatic rings. The van der Waals surface area contributed by atoms with Gasteiger partial charge in [0.25, 0.3) is 0 Å². The number of esters is 1. The van der Waals surface area contributed by atoms with Gasteiger partial charge in [0.15, 0.2) is 5.96 Å². The highest BCUT2D eigenvalue weighted by molar-refractivity contribution is 14.0. The van der Waals surface area contributed by atoms with Crippen molar-refractivity contribution in [3.05, 3.63) is 22.5 Å². The summed E-state index contributed by atoms with van der Waals surface area (Å²) in [6.45, 7) is 6.85. The summed E-state index contributed by atoms with van der Waals surface area (Å²) in [6, 6.07) is 0. The maximum atomic E-state index is 11.8. The number of methoxy groups -OCH3 is 1. The Balaban J connectivity index is 0.00000338. The summed E-state index contributed by atoms with van der Waals surface area (Å²) in [4.78, 5) is 28.6. The molecule has 2 heterocycles. The molecule has 1 saturated heterocycles. The highest BCUT2D eigenvalue weighted by Crippen LogP contribution is 2.24. The third-order valence-corrected chi connectivity index (χ3v) is 4.17. The lowest BCUT2D eigenvalue weighted by Crippen LogP contribution is -2.40. The summed E-state index contributed by atoms with van der Waals surface area (Å²) in [6.07, 6.45) is 2.60. The van der Waals surface area contributed by atoms with E-state index in [-0.39, 0.29) is 47.5 Å². The predicted molar refractivity (Wildman–Crippen MR) is 107 cm³/mol. The molecule has 1 fully saturated rings. The Morgan fingerprint density at radius 2 is 2.27 bits per heavy atom. The number of rotatable bonds is 6. The number of hydrogen-bond acceptors (Lipinski definition) is 6. The van der Waals surface area contributed by atoms with Crippen molar-refractivity contribution < 1.29 is 14.5 Å². The number of nitrogens with zero attached hydrogens (tertiary/aromatic N) is 5. The van der Waals surface area contributed by atoms with Crippen LogP contribution in [0.5, 0.6) is 0 Å². The Kier molecular flexibility index (Phi) is 8.75.